The van der Waals surface area contributed by atoms with Crippen LogP contribution in [0.1, 0.15) is 23.2 Å². The first-order valence-electron chi connectivity index (χ1n) is 11.1. The fourth-order valence-corrected chi connectivity index (χ4v) is 5.19. The number of carbonyl (C=O) groups is 1. The van der Waals surface area contributed by atoms with Crippen molar-refractivity contribution in [1.82, 2.24) is 18.8 Å². The van der Waals surface area contributed by atoms with Crippen molar-refractivity contribution in [2.75, 3.05) is 4.43 Å². The summed E-state index contributed by atoms with van der Waals surface area (Å²) in [6.07, 6.45) is 0.188. The second-order valence-corrected chi connectivity index (χ2v) is 10.9. The topological polar surface area (TPSA) is 115 Å². The Morgan fingerprint density at radius 2 is 1.84 bits per heavy atom. The minimum absolute atomic E-state index is 0.0815. The van der Waals surface area contributed by atoms with E-state index in [2.05, 4.69) is 32.9 Å². The second kappa shape index (κ2) is 12.3. The number of hydrogen-bond donors (Lipinski definition) is 2. The molecular weight excluding hydrogens is 654 g/mol. The molecule has 0 aliphatic carbocycles. The summed E-state index contributed by atoms with van der Waals surface area (Å²) >= 11 is 15.3. The van der Waals surface area contributed by atoms with Crippen molar-refractivity contribution >= 4 is 74.3 Å². The van der Waals surface area contributed by atoms with E-state index in [1.807, 2.05) is 24.3 Å². The van der Waals surface area contributed by atoms with Gasteiger partial charge in [0.05, 0.1) is 22.3 Å². The molecule has 0 atom stereocenters. The van der Waals surface area contributed by atoms with Crippen molar-refractivity contribution in [3.05, 3.63) is 89.5 Å². The maximum atomic E-state index is 12.5. The number of aromatic nitrogens is 3. The van der Waals surface area contributed by atoms with E-state index in [0.717, 1.165) is 33.5 Å². The van der Waals surface area contributed by atoms with Crippen LogP contribution in [0.4, 0.5) is 4.79 Å². The molecule has 4 aromatic rings. The Morgan fingerprint density at radius 1 is 1.11 bits per heavy atom. The van der Waals surface area contributed by atoms with Gasteiger partial charge in [-0.25, -0.2) is 23.1 Å². The van der Waals surface area contributed by atoms with Crippen LogP contribution in [-0.4, -0.2) is 29.1 Å². The number of ether oxygens (including phenoxy) is 1. The molecule has 2 aromatic heterocycles. The average Bonchev–Trinajstić information content (AvgIpc) is 3.16. The highest BCUT2D eigenvalue weighted by Crippen LogP contribution is 2.36. The molecule has 0 aliphatic heterocycles. The third-order valence-corrected chi connectivity index (χ3v) is 7.71. The fraction of sp³-hybridized carbons (Fsp3) is 0.250. The van der Waals surface area contributed by atoms with Crippen molar-refractivity contribution in [1.29, 1.82) is 0 Å². The Morgan fingerprint density at radius 3 is 2.57 bits per heavy atom. The van der Waals surface area contributed by atoms with Crippen LogP contribution in [0.15, 0.2) is 52.1 Å². The van der Waals surface area contributed by atoms with E-state index < -0.39 is 6.09 Å². The van der Waals surface area contributed by atoms with Gasteiger partial charge in [-0.15, -0.1) is 0 Å². The maximum absolute atomic E-state index is 12.5. The Kier molecular flexibility index (Phi) is 9.11. The van der Waals surface area contributed by atoms with E-state index in [-0.39, 0.29) is 46.5 Å². The van der Waals surface area contributed by atoms with Crippen molar-refractivity contribution in [3.8, 4) is 5.75 Å². The monoisotopic (exact) mass is 674 g/mol. The minimum Gasteiger partial charge on any atom is -0.504 e. The van der Waals surface area contributed by atoms with Crippen molar-refractivity contribution < 1.29 is 14.6 Å². The van der Waals surface area contributed by atoms with Gasteiger partial charge in [-0.1, -0.05) is 70.1 Å². The van der Waals surface area contributed by atoms with Gasteiger partial charge in [0.2, 0.25) is 0 Å². The zero-order chi connectivity index (χ0) is 26.5. The normalized spacial score (nSPS) is 11.1. The summed E-state index contributed by atoms with van der Waals surface area (Å²) in [5.74, 6) is -0.193. The number of amides is 1. The van der Waals surface area contributed by atoms with Crippen molar-refractivity contribution in [3.63, 3.8) is 0 Å². The fourth-order valence-electron chi connectivity index (χ4n) is 3.51. The quantitative estimate of drug-likeness (QED) is 0.192. The van der Waals surface area contributed by atoms with Crippen LogP contribution in [0, 0.1) is 0 Å². The highest BCUT2D eigenvalue weighted by molar-refractivity contribution is 14.1. The number of alkyl halides is 1. The summed E-state index contributed by atoms with van der Waals surface area (Å²) in [5, 5.41) is 13.8. The van der Waals surface area contributed by atoms with E-state index in [0.29, 0.717) is 22.6 Å². The highest BCUT2D eigenvalue weighted by Gasteiger charge is 2.13. The number of nitrogens with zero attached hydrogens (tertiary/aromatic N) is 3. The van der Waals surface area contributed by atoms with Gasteiger partial charge in [-0.2, -0.15) is 0 Å². The molecule has 1 amide bonds. The molecule has 2 heterocycles. The minimum atomic E-state index is -0.642. The lowest BCUT2D eigenvalue weighted by molar-refractivity contribution is 0.138. The summed E-state index contributed by atoms with van der Waals surface area (Å²) in [6, 6.07) is 12.0. The third kappa shape index (κ3) is 6.64. The molecular formula is C24H21Cl2IN4O5S. The molecule has 0 aliphatic rings. The number of carbonyl (C=O) groups excluding carboxylic acids is 1. The van der Waals surface area contributed by atoms with Crippen molar-refractivity contribution in [2.24, 2.45) is 0 Å². The van der Waals surface area contributed by atoms with Crippen LogP contribution in [0.25, 0.3) is 10.9 Å². The first kappa shape index (κ1) is 27.4. The number of fused-ring (bicyclic) bond motifs is 1. The molecule has 0 spiro atoms. The van der Waals surface area contributed by atoms with Gasteiger partial charge in [0.15, 0.2) is 5.75 Å². The first-order valence-corrected chi connectivity index (χ1v) is 14.1. The zero-order valence-corrected chi connectivity index (χ0v) is 23.7. The summed E-state index contributed by atoms with van der Waals surface area (Å²) < 4.78 is 8.85. The Balaban J connectivity index is 1.31. The highest BCUT2D eigenvalue weighted by atomic mass is 127. The number of phenolic OH excluding ortho intramolecular Hbond substituents is 1. The number of phenols is 1. The largest absolute Gasteiger partial charge is 0.504 e. The van der Waals surface area contributed by atoms with E-state index in [1.165, 1.54) is 14.6 Å². The predicted octanol–water partition coefficient (Wildman–Crippen LogP) is 4.93. The average molecular weight is 675 g/mol. The number of alkyl carbamates (subject to hydrolysis) is 1. The smallest absolute Gasteiger partial charge is 0.407 e. The summed E-state index contributed by atoms with van der Waals surface area (Å²) in [4.78, 5) is 40.8. The van der Waals surface area contributed by atoms with Crippen LogP contribution in [0.3, 0.4) is 0 Å². The van der Waals surface area contributed by atoms with E-state index in [1.54, 1.807) is 12.1 Å². The summed E-state index contributed by atoms with van der Waals surface area (Å²) in [6.45, 7) is 0.830. The van der Waals surface area contributed by atoms with Gasteiger partial charge >= 0.3 is 16.7 Å². The molecule has 0 radical (unpaired) electrons. The number of aryl methyl sites for hydroxylation is 1. The molecule has 0 unspecified atom stereocenters. The number of nitrogens with one attached hydrogen (secondary N) is 1. The van der Waals surface area contributed by atoms with Gasteiger partial charge in [0.25, 0.3) is 0 Å². The van der Waals surface area contributed by atoms with Gasteiger partial charge in [0, 0.05) is 34.4 Å². The number of aromatic hydroxyl groups is 1. The number of hydrogen-bond acceptors (Lipinski definition) is 7. The molecule has 9 nitrogen and oxygen atoms in total. The molecule has 194 valence electrons. The van der Waals surface area contributed by atoms with Gasteiger partial charge in [-0.3, -0.25) is 4.79 Å². The molecule has 13 heteroatoms. The lowest BCUT2D eigenvalue weighted by Gasteiger charge is -2.09. The molecule has 0 saturated heterocycles. The second-order valence-electron chi connectivity index (χ2n) is 8.00. The van der Waals surface area contributed by atoms with Crippen LogP contribution in [0.2, 0.25) is 10.0 Å². The van der Waals surface area contributed by atoms with Crippen LogP contribution < -0.4 is 15.9 Å². The first-order chi connectivity index (χ1) is 17.8. The summed E-state index contributed by atoms with van der Waals surface area (Å²) in [5.41, 5.74) is 1.96. The predicted molar refractivity (Wildman–Crippen MR) is 152 cm³/mol. The van der Waals surface area contributed by atoms with E-state index in [4.69, 9.17) is 27.9 Å². The molecule has 2 aromatic carbocycles. The number of rotatable bonds is 9. The lowest BCUT2D eigenvalue weighted by Crippen LogP contribution is -2.29. The number of benzene rings is 2. The summed E-state index contributed by atoms with van der Waals surface area (Å²) in [7, 11) is 0. The molecule has 0 fully saturated rings. The van der Waals surface area contributed by atoms with E-state index >= 15 is 0 Å². The third-order valence-electron chi connectivity index (χ3n) is 5.41. The van der Waals surface area contributed by atoms with Crippen LogP contribution >= 0.6 is 57.3 Å². The molecule has 4 rings (SSSR count). The van der Waals surface area contributed by atoms with Crippen LogP contribution in [0.5, 0.6) is 5.75 Å². The number of pyridine rings is 1. The molecule has 0 bridgehead atoms. The standard InChI is InChI=1S/C24H21Cl2IN4O5S/c25-18-10-19(26)21(32)20-17(18)7-6-16(29-20)13-36-22(33)28-11-14-2-4-15(5-3-14)12-30-23(34)31(9-1-8-27)37-24(30)35/h2-7,10,32H,1,8-9,11-13H2,(H,28,33). The molecule has 37 heavy (non-hydrogen) atoms. The van der Waals surface area contributed by atoms with E-state index in [9.17, 15) is 19.5 Å². The van der Waals surface area contributed by atoms with Crippen molar-refractivity contribution in [2.45, 2.75) is 32.7 Å². The SMILES string of the molecule is O=C(NCc1ccc(Cn2c(=O)sn(CCCI)c2=O)cc1)OCc1ccc2c(Cl)cc(Cl)c(O)c2n1. The zero-order valence-electron chi connectivity index (χ0n) is 19.2. The van der Waals surface area contributed by atoms with Gasteiger partial charge < -0.3 is 15.2 Å². The van der Waals surface area contributed by atoms with Gasteiger partial charge in [-0.05, 0) is 35.7 Å². The number of halogens is 3. The molecule has 2 N–H and O–H groups in total. The Labute approximate surface area is 238 Å². The Bertz CT molecular complexity index is 1550. The maximum Gasteiger partial charge on any atom is 0.407 e. The van der Waals surface area contributed by atoms with Crippen LogP contribution in [-0.2, 0) is 31.0 Å². The lowest BCUT2D eigenvalue weighted by atomic mass is 10.1. The van der Waals surface area contributed by atoms with Gasteiger partial charge in [0.1, 0.15) is 12.1 Å². The molecule has 0 saturated carbocycles. The Hall–Kier alpha value is -2.61.